The summed E-state index contributed by atoms with van der Waals surface area (Å²) in [5, 5.41) is 3.22. The van der Waals surface area contributed by atoms with Crippen molar-refractivity contribution in [3.8, 4) is 5.75 Å². The average Bonchev–Trinajstić information content (AvgIpc) is 2.28. The van der Waals surface area contributed by atoms with Crippen LogP contribution in [0.25, 0.3) is 0 Å². The van der Waals surface area contributed by atoms with Gasteiger partial charge in [0.05, 0.1) is 12.8 Å². The third-order valence-corrected chi connectivity index (χ3v) is 2.17. The van der Waals surface area contributed by atoms with E-state index in [1.165, 1.54) is 0 Å². The summed E-state index contributed by atoms with van der Waals surface area (Å²) in [5.74, 6) is 2.09. The molecule has 96 valence electrons. The van der Waals surface area contributed by atoms with Crippen molar-refractivity contribution in [3.05, 3.63) is 6.20 Å². The van der Waals surface area contributed by atoms with Crippen LogP contribution in [0.4, 0.5) is 11.8 Å². The number of hydrogen-bond donors (Lipinski definition) is 2. The first-order valence-corrected chi connectivity index (χ1v) is 6.12. The molecule has 0 aliphatic rings. The quantitative estimate of drug-likeness (QED) is 0.713. The molecule has 0 radical (unpaired) electrons. The summed E-state index contributed by atoms with van der Waals surface area (Å²) in [6.45, 7) is 7.86. The average molecular weight is 238 g/mol. The van der Waals surface area contributed by atoms with E-state index in [0.717, 1.165) is 19.4 Å². The molecule has 0 atom stereocenters. The van der Waals surface area contributed by atoms with Gasteiger partial charge in [-0.25, -0.2) is 4.98 Å². The first-order valence-electron chi connectivity index (χ1n) is 6.12. The highest BCUT2D eigenvalue weighted by molar-refractivity contribution is 5.51. The smallest absolute Gasteiger partial charge is 0.222 e. The van der Waals surface area contributed by atoms with Gasteiger partial charge >= 0.3 is 0 Å². The Labute approximate surface area is 103 Å². The van der Waals surface area contributed by atoms with Crippen LogP contribution in [0.1, 0.15) is 33.6 Å². The Kier molecular flexibility index (Phi) is 5.52. The summed E-state index contributed by atoms with van der Waals surface area (Å²) in [4.78, 5) is 8.10. The Hall–Kier alpha value is -1.52. The highest BCUT2D eigenvalue weighted by Gasteiger charge is 2.07. The number of aromatic nitrogens is 2. The van der Waals surface area contributed by atoms with Crippen LogP contribution in [-0.2, 0) is 0 Å². The second kappa shape index (κ2) is 6.93. The predicted molar refractivity (Wildman–Crippen MR) is 70.2 cm³/mol. The standard InChI is InChI=1S/C12H22N4O/c1-4-5-6-14-11-10(17-8-9(2)3)7-15-12(13)16-11/h7,9H,4-6,8H2,1-3H3,(H3,13,14,15,16). The maximum Gasteiger partial charge on any atom is 0.222 e. The highest BCUT2D eigenvalue weighted by Crippen LogP contribution is 2.22. The van der Waals surface area contributed by atoms with Crippen LogP contribution in [0.15, 0.2) is 6.20 Å². The Balaban J connectivity index is 2.66. The zero-order chi connectivity index (χ0) is 12.7. The van der Waals surface area contributed by atoms with E-state index in [4.69, 9.17) is 10.5 Å². The Morgan fingerprint density at radius 1 is 1.47 bits per heavy atom. The SMILES string of the molecule is CCCCNc1nc(N)ncc1OCC(C)C. The molecule has 1 aromatic heterocycles. The van der Waals surface area contributed by atoms with Gasteiger partial charge in [0.25, 0.3) is 0 Å². The van der Waals surface area contributed by atoms with Crippen molar-refractivity contribution in [2.75, 3.05) is 24.2 Å². The third-order valence-electron chi connectivity index (χ3n) is 2.17. The van der Waals surface area contributed by atoms with Crippen molar-refractivity contribution in [2.45, 2.75) is 33.6 Å². The van der Waals surface area contributed by atoms with Gasteiger partial charge in [-0.15, -0.1) is 0 Å². The zero-order valence-corrected chi connectivity index (χ0v) is 10.9. The molecule has 0 bridgehead atoms. The lowest BCUT2D eigenvalue weighted by Crippen LogP contribution is -2.11. The van der Waals surface area contributed by atoms with E-state index in [2.05, 4.69) is 36.1 Å². The van der Waals surface area contributed by atoms with Crippen LogP contribution in [0, 0.1) is 5.92 Å². The van der Waals surface area contributed by atoms with Crippen LogP contribution >= 0.6 is 0 Å². The molecule has 3 N–H and O–H groups in total. The Morgan fingerprint density at radius 3 is 2.88 bits per heavy atom. The first kappa shape index (κ1) is 13.5. The number of ether oxygens (including phenoxy) is 1. The molecule has 1 aromatic rings. The second-order valence-electron chi connectivity index (χ2n) is 4.43. The maximum absolute atomic E-state index is 5.64. The molecular formula is C12H22N4O. The van der Waals surface area contributed by atoms with E-state index in [1.54, 1.807) is 6.20 Å². The molecule has 0 saturated heterocycles. The van der Waals surface area contributed by atoms with Crippen molar-refractivity contribution in [1.82, 2.24) is 9.97 Å². The van der Waals surface area contributed by atoms with Crippen LogP contribution in [0.3, 0.4) is 0 Å². The lowest BCUT2D eigenvalue weighted by Gasteiger charge is -2.13. The van der Waals surface area contributed by atoms with E-state index >= 15 is 0 Å². The lowest BCUT2D eigenvalue weighted by molar-refractivity contribution is 0.270. The van der Waals surface area contributed by atoms with Gasteiger partial charge in [0.15, 0.2) is 11.6 Å². The molecule has 5 nitrogen and oxygen atoms in total. The van der Waals surface area contributed by atoms with Gasteiger partial charge in [0.1, 0.15) is 0 Å². The van der Waals surface area contributed by atoms with E-state index in [-0.39, 0.29) is 5.95 Å². The van der Waals surface area contributed by atoms with Gasteiger partial charge in [-0.2, -0.15) is 4.98 Å². The van der Waals surface area contributed by atoms with Crippen molar-refractivity contribution < 1.29 is 4.74 Å². The number of nitrogen functional groups attached to an aromatic ring is 1. The van der Waals surface area contributed by atoms with Gasteiger partial charge in [-0.05, 0) is 12.3 Å². The highest BCUT2D eigenvalue weighted by atomic mass is 16.5. The largest absolute Gasteiger partial charge is 0.488 e. The third kappa shape index (κ3) is 4.89. The molecule has 0 unspecified atom stereocenters. The predicted octanol–water partition coefficient (Wildman–Crippen LogP) is 2.31. The van der Waals surface area contributed by atoms with Crippen LogP contribution in [0.5, 0.6) is 5.75 Å². The number of anilines is 2. The summed E-state index contributed by atoms with van der Waals surface area (Å²) in [5.41, 5.74) is 5.57. The summed E-state index contributed by atoms with van der Waals surface area (Å²) >= 11 is 0. The summed E-state index contributed by atoms with van der Waals surface area (Å²) in [6, 6.07) is 0. The molecule has 0 spiro atoms. The fraction of sp³-hybridized carbons (Fsp3) is 0.667. The van der Waals surface area contributed by atoms with E-state index in [9.17, 15) is 0 Å². The van der Waals surface area contributed by atoms with Gasteiger partial charge < -0.3 is 15.8 Å². The number of unbranched alkanes of at least 4 members (excludes halogenated alkanes) is 1. The molecular weight excluding hydrogens is 216 g/mol. The maximum atomic E-state index is 5.64. The number of nitrogens with one attached hydrogen (secondary N) is 1. The molecule has 1 rings (SSSR count). The van der Waals surface area contributed by atoms with E-state index in [1.807, 2.05) is 0 Å². The number of nitrogens with zero attached hydrogens (tertiary/aromatic N) is 2. The number of nitrogens with two attached hydrogens (primary N) is 1. The summed E-state index contributed by atoms with van der Waals surface area (Å²) in [6.07, 6.45) is 3.85. The van der Waals surface area contributed by atoms with Crippen molar-refractivity contribution in [1.29, 1.82) is 0 Å². The van der Waals surface area contributed by atoms with Gasteiger partial charge in [-0.3, -0.25) is 0 Å². The molecule has 0 aromatic carbocycles. The number of hydrogen-bond acceptors (Lipinski definition) is 5. The minimum Gasteiger partial charge on any atom is -0.488 e. The van der Waals surface area contributed by atoms with E-state index < -0.39 is 0 Å². The molecule has 0 saturated carbocycles. The fourth-order valence-electron chi connectivity index (χ4n) is 1.26. The lowest BCUT2D eigenvalue weighted by atomic mass is 10.2. The number of rotatable bonds is 7. The van der Waals surface area contributed by atoms with Crippen molar-refractivity contribution >= 4 is 11.8 Å². The minimum absolute atomic E-state index is 0.265. The fourth-order valence-corrected chi connectivity index (χ4v) is 1.26. The Bertz CT molecular complexity index is 341. The normalized spacial score (nSPS) is 10.6. The molecule has 0 aliphatic carbocycles. The molecule has 1 heterocycles. The molecule has 0 aliphatic heterocycles. The monoisotopic (exact) mass is 238 g/mol. The first-order chi connectivity index (χ1) is 8.13. The second-order valence-corrected chi connectivity index (χ2v) is 4.43. The van der Waals surface area contributed by atoms with Crippen LogP contribution in [-0.4, -0.2) is 23.1 Å². The van der Waals surface area contributed by atoms with E-state index in [0.29, 0.717) is 24.1 Å². The summed E-state index contributed by atoms with van der Waals surface area (Å²) < 4.78 is 5.64. The van der Waals surface area contributed by atoms with Gasteiger partial charge in [0.2, 0.25) is 5.95 Å². The summed E-state index contributed by atoms with van der Waals surface area (Å²) in [7, 11) is 0. The molecule has 17 heavy (non-hydrogen) atoms. The molecule has 0 fully saturated rings. The van der Waals surface area contributed by atoms with Crippen LogP contribution in [0.2, 0.25) is 0 Å². The topological polar surface area (TPSA) is 73.1 Å². The zero-order valence-electron chi connectivity index (χ0n) is 10.9. The van der Waals surface area contributed by atoms with Crippen molar-refractivity contribution in [3.63, 3.8) is 0 Å². The van der Waals surface area contributed by atoms with Gasteiger partial charge in [0, 0.05) is 6.54 Å². The molecule has 0 amide bonds. The minimum atomic E-state index is 0.265. The Morgan fingerprint density at radius 2 is 2.24 bits per heavy atom. The van der Waals surface area contributed by atoms with Crippen LogP contribution < -0.4 is 15.8 Å². The van der Waals surface area contributed by atoms with Crippen molar-refractivity contribution in [2.24, 2.45) is 5.92 Å². The molecule has 5 heteroatoms. The van der Waals surface area contributed by atoms with Gasteiger partial charge in [-0.1, -0.05) is 27.2 Å².